The molecule has 5 rings (SSSR count). The van der Waals surface area contributed by atoms with Gasteiger partial charge < -0.3 is 9.47 Å². The minimum atomic E-state index is -0.757. The molecule has 1 fully saturated rings. The number of fused-ring (bicyclic) bond motifs is 2. The number of halogens is 1. The molecule has 3 aliphatic rings. The number of likely N-dealkylation sites (N-methyl/N-ethyl adjacent to an activating group) is 2. The normalized spacial score (nSPS) is 19.5. The lowest BCUT2D eigenvalue weighted by molar-refractivity contribution is -0.553. The maximum Gasteiger partial charge on any atom is 0.390 e. The second-order valence-corrected chi connectivity index (χ2v) is 7.73. The van der Waals surface area contributed by atoms with Crippen molar-refractivity contribution in [2.45, 2.75) is 19.1 Å². The quantitative estimate of drug-likeness (QED) is 0.732. The number of amides is 3. The van der Waals surface area contributed by atoms with Crippen LogP contribution in [-0.2, 0) is 17.9 Å². The van der Waals surface area contributed by atoms with E-state index < -0.39 is 12.1 Å². The van der Waals surface area contributed by atoms with Crippen molar-refractivity contribution in [2.24, 2.45) is 4.99 Å². The van der Waals surface area contributed by atoms with E-state index in [0.29, 0.717) is 36.4 Å². The molecule has 1 atom stereocenters. The third-order valence-electron chi connectivity index (χ3n) is 5.68. The van der Waals surface area contributed by atoms with Gasteiger partial charge in [-0.1, -0.05) is 23.2 Å². The van der Waals surface area contributed by atoms with Gasteiger partial charge in [0.05, 0.1) is 13.1 Å². The first-order valence-corrected chi connectivity index (χ1v) is 10.1. The lowest BCUT2D eigenvalue weighted by Crippen LogP contribution is -2.61. The Morgan fingerprint density at radius 2 is 1.78 bits per heavy atom. The minimum absolute atomic E-state index is 0.195. The maximum absolute atomic E-state index is 13.4. The molecule has 0 aliphatic carbocycles. The van der Waals surface area contributed by atoms with Gasteiger partial charge in [-0.3, -0.25) is 19.9 Å². The fraction of sp³-hybridized carbons (Fsp3) is 0.273. The van der Waals surface area contributed by atoms with E-state index in [-0.39, 0.29) is 18.5 Å². The van der Waals surface area contributed by atoms with Crippen LogP contribution in [0.25, 0.3) is 0 Å². The molecule has 3 amide bonds. The second kappa shape index (κ2) is 7.63. The van der Waals surface area contributed by atoms with Crippen molar-refractivity contribution in [1.29, 1.82) is 0 Å². The predicted molar refractivity (Wildman–Crippen MR) is 112 cm³/mol. The molecule has 9 nitrogen and oxygen atoms in total. The lowest BCUT2D eigenvalue weighted by atomic mass is 10.1. The van der Waals surface area contributed by atoms with Crippen LogP contribution in [-0.4, -0.2) is 65.0 Å². The van der Waals surface area contributed by atoms with Crippen molar-refractivity contribution >= 4 is 23.7 Å². The van der Waals surface area contributed by atoms with E-state index in [9.17, 15) is 14.0 Å². The number of ether oxygens (including phenoxy) is 2. The average molecular weight is 438 g/mol. The SMILES string of the molecule is CN1C(=O)C2C(=NC(NCc3ccc4c(c3)OCO4)=[N+]2Cc2ccc(F)cc2)N(C)C1=O. The number of nitrogens with one attached hydrogen (secondary N) is 1. The summed E-state index contributed by atoms with van der Waals surface area (Å²) < 4.78 is 25.9. The van der Waals surface area contributed by atoms with Crippen LogP contribution in [0.1, 0.15) is 11.1 Å². The summed E-state index contributed by atoms with van der Waals surface area (Å²) in [6.07, 6.45) is 0. The van der Waals surface area contributed by atoms with Gasteiger partial charge in [-0.05, 0) is 35.4 Å². The molecular formula is C22H21FN5O4+. The van der Waals surface area contributed by atoms with Crippen LogP contribution in [0.4, 0.5) is 9.18 Å². The van der Waals surface area contributed by atoms with E-state index in [0.717, 1.165) is 16.0 Å². The van der Waals surface area contributed by atoms with Crippen LogP contribution in [0.2, 0.25) is 0 Å². The number of amidine groups is 1. The van der Waals surface area contributed by atoms with E-state index in [2.05, 4.69) is 10.3 Å². The molecule has 1 N–H and O–H groups in total. The molecule has 1 unspecified atom stereocenters. The zero-order valence-electron chi connectivity index (χ0n) is 17.5. The van der Waals surface area contributed by atoms with Crippen LogP contribution in [0.3, 0.4) is 0 Å². The molecule has 0 radical (unpaired) electrons. The Morgan fingerprint density at radius 3 is 2.56 bits per heavy atom. The van der Waals surface area contributed by atoms with E-state index in [1.807, 2.05) is 18.2 Å². The number of urea groups is 1. The van der Waals surface area contributed by atoms with Gasteiger partial charge >= 0.3 is 12.0 Å². The third-order valence-corrected chi connectivity index (χ3v) is 5.68. The summed E-state index contributed by atoms with van der Waals surface area (Å²) in [5.74, 6) is 1.47. The summed E-state index contributed by atoms with van der Waals surface area (Å²) in [7, 11) is 3.04. The molecule has 1 saturated heterocycles. The topological polar surface area (TPSA) is 86.5 Å². The first kappa shape index (κ1) is 20.0. The van der Waals surface area contributed by atoms with Gasteiger partial charge in [0.15, 0.2) is 11.5 Å². The number of imide groups is 1. The molecule has 3 aliphatic heterocycles. The number of nitrogens with zero attached hydrogens (tertiary/aromatic N) is 4. The Morgan fingerprint density at radius 1 is 1.06 bits per heavy atom. The third kappa shape index (κ3) is 3.33. The van der Waals surface area contributed by atoms with E-state index in [1.54, 1.807) is 23.8 Å². The van der Waals surface area contributed by atoms with Gasteiger partial charge in [-0.2, -0.15) is 0 Å². The summed E-state index contributed by atoms with van der Waals surface area (Å²) in [6.45, 7) is 0.917. The fourth-order valence-corrected chi connectivity index (χ4v) is 3.92. The molecule has 0 spiro atoms. The number of carbonyl (C=O) groups excluding carboxylic acids is 2. The van der Waals surface area contributed by atoms with Crippen molar-refractivity contribution in [2.75, 3.05) is 20.9 Å². The molecule has 2 aromatic carbocycles. The van der Waals surface area contributed by atoms with E-state index >= 15 is 0 Å². The highest BCUT2D eigenvalue weighted by atomic mass is 19.1. The van der Waals surface area contributed by atoms with Crippen LogP contribution < -0.4 is 14.8 Å². The number of carbonyl (C=O) groups is 2. The average Bonchev–Trinajstić information content (AvgIpc) is 3.40. The Bertz CT molecular complexity index is 1180. The highest BCUT2D eigenvalue weighted by molar-refractivity contribution is 6.22. The highest BCUT2D eigenvalue weighted by Gasteiger charge is 2.51. The van der Waals surface area contributed by atoms with Crippen LogP contribution in [0, 0.1) is 5.82 Å². The maximum atomic E-state index is 13.4. The van der Waals surface area contributed by atoms with Gasteiger partial charge in [0.1, 0.15) is 5.82 Å². The Kier molecular flexibility index (Phi) is 4.76. The molecule has 3 heterocycles. The smallest absolute Gasteiger partial charge is 0.390 e. The van der Waals surface area contributed by atoms with Gasteiger partial charge in [-0.25, -0.2) is 13.8 Å². The molecule has 32 heavy (non-hydrogen) atoms. The fourth-order valence-electron chi connectivity index (χ4n) is 3.92. The predicted octanol–water partition coefficient (Wildman–Crippen LogP) is 1.52. The van der Waals surface area contributed by atoms with Crippen molar-refractivity contribution in [3.8, 4) is 11.5 Å². The summed E-state index contributed by atoms with van der Waals surface area (Å²) in [5, 5.41) is 3.27. The number of hydrogen-bond donors (Lipinski definition) is 1. The number of hydrogen-bond acceptors (Lipinski definition) is 6. The number of benzene rings is 2. The molecule has 0 aromatic heterocycles. The zero-order valence-corrected chi connectivity index (χ0v) is 17.5. The highest BCUT2D eigenvalue weighted by Crippen LogP contribution is 2.32. The van der Waals surface area contributed by atoms with Crippen molar-refractivity contribution in [3.63, 3.8) is 0 Å². The first-order valence-electron chi connectivity index (χ1n) is 10.1. The van der Waals surface area contributed by atoms with Crippen LogP contribution in [0.5, 0.6) is 11.5 Å². The number of guanidine groups is 1. The minimum Gasteiger partial charge on any atom is -0.454 e. The number of rotatable bonds is 4. The molecular weight excluding hydrogens is 417 g/mol. The van der Waals surface area contributed by atoms with Crippen LogP contribution >= 0.6 is 0 Å². The summed E-state index contributed by atoms with van der Waals surface area (Å²) in [4.78, 5) is 32.4. The van der Waals surface area contributed by atoms with Gasteiger partial charge in [-0.15, -0.1) is 0 Å². The summed E-state index contributed by atoms with van der Waals surface area (Å²) in [5.41, 5.74) is 1.74. The zero-order chi connectivity index (χ0) is 22.4. The van der Waals surface area contributed by atoms with Crippen molar-refractivity contribution in [3.05, 3.63) is 59.4 Å². The standard InChI is InChI=1S/C22H20FN5O4/c1-26-19-18(20(29)27(2)22(26)30)28(11-13-3-6-15(23)7-4-13)21(25-19)24-10-14-5-8-16-17(9-14)32-12-31-16/h3-9,18H,10-12H2,1-2H3/p+1. The van der Waals surface area contributed by atoms with Gasteiger partial charge in [0.2, 0.25) is 18.7 Å². The molecule has 10 heteroatoms. The molecule has 2 aromatic rings. The first-order chi connectivity index (χ1) is 15.4. The van der Waals surface area contributed by atoms with Gasteiger partial charge in [0.25, 0.3) is 5.91 Å². The van der Waals surface area contributed by atoms with E-state index in [4.69, 9.17) is 9.47 Å². The number of aliphatic imine (C=N–C) groups is 1. The monoisotopic (exact) mass is 438 g/mol. The van der Waals surface area contributed by atoms with Crippen molar-refractivity contribution in [1.82, 2.24) is 15.1 Å². The summed E-state index contributed by atoms with van der Waals surface area (Å²) >= 11 is 0. The second-order valence-electron chi connectivity index (χ2n) is 7.73. The molecule has 0 bridgehead atoms. The Balaban J connectivity index is 1.47. The largest absolute Gasteiger partial charge is 0.454 e. The molecule has 164 valence electrons. The molecule has 0 saturated carbocycles. The Hall–Kier alpha value is -3.95. The van der Waals surface area contributed by atoms with Gasteiger partial charge in [0, 0.05) is 14.1 Å². The van der Waals surface area contributed by atoms with Crippen molar-refractivity contribution < 1.29 is 28.0 Å². The Labute approximate surface area is 183 Å². The van der Waals surface area contributed by atoms with Crippen LogP contribution in [0.15, 0.2) is 47.5 Å². The van der Waals surface area contributed by atoms with E-state index in [1.165, 1.54) is 24.1 Å². The lowest BCUT2D eigenvalue weighted by Gasteiger charge is -2.31. The summed E-state index contributed by atoms with van der Waals surface area (Å²) in [6, 6.07) is 10.5.